The molecule has 2 N–H and O–H groups in total. The second-order valence-corrected chi connectivity index (χ2v) is 5.22. The molecule has 0 spiro atoms. The van der Waals surface area contributed by atoms with Crippen molar-refractivity contribution in [3.05, 3.63) is 90.0 Å². The van der Waals surface area contributed by atoms with Crippen molar-refractivity contribution >= 4 is 23.0 Å². The Hall–Kier alpha value is -3.58. The number of carbonyl (C=O) groups is 1. The maximum Gasteiger partial charge on any atom is 0.255 e. The van der Waals surface area contributed by atoms with Gasteiger partial charge in [-0.2, -0.15) is 5.26 Å². The van der Waals surface area contributed by atoms with Gasteiger partial charge in [-0.3, -0.25) is 4.79 Å². The zero-order chi connectivity index (χ0) is 16.8. The number of nitrogens with zero attached hydrogens (tertiary/aromatic N) is 1. The van der Waals surface area contributed by atoms with Crippen LogP contribution in [0.25, 0.3) is 0 Å². The third-order valence-electron chi connectivity index (χ3n) is 3.46. The summed E-state index contributed by atoms with van der Waals surface area (Å²) in [5.41, 5.74) is 3.66. The molecule has 0 saturated carbocycles. The number of anilines is 3. The van der Waals surface area contributed by atoms with Crippen molar-refractivity contribution in [2.24, 2.45) is 0 Å². The van der Waals surface area contributed by atoms with E-state index in [9.17, 15) is 4.79 Å². The van der Waals surface area contributed by atoms with Gasteiger partial charge in [-0.15, -0.1) is 0 Å². The van der Waals surface area contributed by atoms with Crippen molar-refractivity contribution in [1.29, 1.82) is 5.26 Å². The lowest BCUT2D eigenvalue weighted by Crippen LogP contribution is -2.11. The Bertz CT molecular complexity index is 881. The Kier molecular flexibility index (Phi) is 4.55. The lowest BCUT2D eigenvalue weighted by Gasteiger charge is -2.09. The average Bonchev–Trinajstić information content (AvgIpc) is 2.64. The zero-order valence-electron chi connectivity index (χ0n) is 12.9. The number of benzene rings is 3. The second-order valence-electron chi connectivity index (χ2n) is 5.22. The molecule has 0 radical (unpaired) electrons. The highest BCUT2D eigenvalue weighted by molar-refractivity contribution is 6.04. The fourth-order valence-electron chi connectivity index (χ4n) is 2.26. The largest absolute Gasteiger partial charge is 0.355 e. The first-order chi connectivity index (χ1) is 11.7. The summed E-state index contributed by atoms with van der Waals surface area (Å²) < 4.78 is 0. The normalized spacial score (nSPS) is 9.79. The molecule has 4 heteroatoms. The molecule has 0 saturated heterocycles. The van der Waals surface area contributed by atoms with Crippen molar-refractivity contribution in [3.63, 3.8) is 0 Å². The van der Waals surface area contributed by atoms with Gasteiger partial charge in [-0.1, -0.05) is 24.3 Å². The van der Waals surface area contributed by atoms with Crippen LogP contribution < -0.4 is 10.6 Å². The van der Waals surface area contributed by atoms with E-state index in [1.807, 2.05) is 54.6 Å². The number of nitriles is 1. The number of amides is 1. The first kappa shape index (κ1) is 15.3. The Morgan fingerprint density at radius 1 is 0.792 bits per heavy atom. The van der Waals surface area contributed by atoms with Crippen molar-refractivity contribution in [3.8, 4) is 6.07 Å². The molecule has 0 fully saturated rings. The molecule has 0 bridgehead atoms. The van der Waals surface area contributed by atoms with E-state index < -0.39 is 0 Å². The minimum atomic E-state index is -0.141. The molecular formula is C20H15N3O. The van der Waals surface area contributed by atoms with Crippen LogP contribution in [0, 0.1) is 11.3 Å². The van der Waals surface area contributed by atoms with Crippen LogP contribution in [0.5, 0.6) is 0 Å². The second kappa shape index (κ2) is 7.12. The van der Waals surface area contributed by atoms with E-state index in [2.05, 4.69) is 16.7 Å². The van der Waals surface area contributed by atoms with Gasteiger partial charge in [0.25, 0.3) is 5.91 Å². The molecule has 0 aromatic heterocycles. The Morgan fingerprint density at radius 2 is 1.50 bits per heavy atom. The fourth-order valence-corrected chi connectivity index (χ4v) is 2.26. The van der Waals surface area contributed by atoms with Gasteiger partial charge >= 0.3 is 0 Å². The molecule has 0 aliphatic heterocycles. The summed E-state index contributed by atoms with van der Waals surface area (Å²) in [5, 5.41) is 15.0. The van der Waals surface area contributed by atoms with Crippen LogP contribution in [0.2, 0.25) is 0 Å². The first-order valence-electron chi connectivity index (χ1n) is 7.48. The first-order valence-corrected chi connectivity index (χ1v) is 7.48. The van der Waals surface area contributed by atoms with Gasteiger partial charge < -0.3 is 10.6 Å². The Morgan fingerprint density at radius 3 is 2.21 bits per heavy atom. The average molecular weight is 313 g/mol. The maximum atomic E-state index is 12.1. The maximum absolute atomic E-state index is 12.1. The molecule has 0 unspecified atom stereocenters. The topological polar surface area (TPSA) is 64.9 Å². The van der Waals surface area contributed by atoms with Crippen LogP contribution in [0.15, 0.2) is 78.9 Å². The highest BCUT2D eigenvalue weighted by Gasteiger charge is 2.05. The smallest absolute Gasteiger partial charge is 0.255 e. The molecule has 0 aliphatic carbocycles. The van der Waals surface area contributed by atoms with Crippen LogP contribution >= 0.6 is 0 Å². The molecule has 3 aromatic carbocycles. The summed E-state index contributed by atoms with van der Waals surface area (Å²) in [7, 11) is 0. The predicted molar refractivity (Wildman–Crippen MR) is 95.3 cm³/mol. The van der Waals surface area contributed by atoms with Gasteiger partial charge in [0.2, 0.25) is 0 Å². The molecule has 3 aromatic rings. The summed E-state index contributed by atoms with van der Waals surface area (Å²) in [5.74, 6) is -0.141. The fraction of sp³-hybridized carbons (Fsp3) is 0. The van der Waals surface area contributed by atoms with Crippen LogP contribution in [0.1, 0.15) is 15.9 Å². The quantitative estimate of drug-likeness (QED) is 0.742. The van der Waals surface area contributed by atoms with E-state index in [0.717, 1.165) is 17.1 Å². The lowest BCUT2D eigenvalue weighted by molar-refractivity contribution is 0.102. The van der Waals surface area contributed by atoms with E-state index in [1.54, 1.807) is 24.3 Å². The minimum Gasteiger partial charge on any atom is -0.355 e. The summed E-state index contributed by atoms with van der Waals surface area (Å²) in [4.78, 5) is 12.1. The van der Waals surface area contributed by atoms with Crippen molar-refractivity contribution in [1.82, 2.24) is 0 Å². The molecule has 0 aliphatic rings. The standard InChI is InChI=1S/C20H15N3O/c21-14-15-5-4-8-19(13-15)22-17-9-11-18(12-10-17)23-20(24)16-6-2-1-3-7-16/h1-13,22H,(H,23,24). The number of hydrogen-bond donors (Lipinski definition) is 2. The third kappa shape index (κ3) is 3.79. The highest BCUT2D eigenvalue weighted by Crippen LogP contribution is 2.20. The van der Waals surface area contributed by atoms with E-state index in [4.69, 9.17) is 5.26 Å². The molecule has 24 heavy (non-hydrogen) atoms. The summed E-state index contributed by atoms with van der Waals surface area (Å²) in [6.07, 6.45) is 0. The number of nitrogens with one attached hydrogen (secondary N) is 2. The molecular weight excluding hydrogens is 298 g/mol. The van der Waals surface area contributed by atoms with Crippen LogP contribution in [0.3, 0.4) is 0 Å². The number of hydrogen-bond acceptors (Lipinski definition) is 3. The van der Waals surface area contributed by atoms with Gasteiger partial charge in [-0.05, 0) is 54.6 Å². The van der Waals surface area contributed by atoms with Gasteiger partial charge in [0.05, 0.1) is 11.6 Å². The van der Waals surface area contributed by atoms with E-state index >= 15 is 0 Å². The molecule has 1 amide bonds. The van der Waals surface area contributed by atoms with Crippen LogP contribution in [-0.4, -0.2) is 5.91 Å². The highest BCUT2D eigenvalue weighted by atomic mass is 16.1. The van der Waals surface area contributed by atoms with Crippen molar-refractivity contribution in [2.45, 2.75) is 0 Å². The monoisotopic (exact) mass is 313 g/mol. The van der Waals surface area contributed by atoms with E-state index in [-0.39, 0.29) is 5.91 Å². The van der Waals surface area contributed by atoms with Gasteiger partial charge in [0.1, 0.15) is 0 Å². The Balaban J connectivity index is 1.67. The SMILES string of the molecule is N#Cc1cccc(Nc2ccc(NC(=O)c3ccccc3)cc2)c1. The number of rotatable bonds is 4. The van der Waals surface area contributed by atoms with Crippen LogP contribution in [0.4, 0.5) is 17.1 Å². The third-order valence-corrected chi connectivity index (χ3v) is 3.46. The van der Waals surface area contributed by atoms with Crippen LogP contribution in [-0.2, 0) is 0 Å². The lowest BCUT2D eigenvalue weighted by atomic mass is 10.2. The van der Waals surface area contributed by atoms with E-state index in [0.29, 0.717) is 11.1 Å². The number of carbonyl (C=O) groups excluding carboxylic acids is 1. The molecule has 0 heterocycles. The molecule has 4 nitrogen and oxygen atoms in total. The Labute approximate surface area is 140 Å². The zero-order valence-corrected chi connectivity index (χ0v) is 12.9. The van der Waals surface area contributed by atoms with Gasteiger partial charge in [0.15, 0.2) is 0 Å². The summed E-state index contributed by atoms with van der Waals surface area (Å²) >= 11 is 0. The molecule has 3 rings (SSSR count). The predicted octanol–water partition coefficient (Wildman–Crippen LogP) is 4.55. The molecule has 116 valence electrons. The van der Waals surface area contributed by atoms with Crippen molar-refractivity contribution in [2.75, 3.05) is 10.6 Å². The molecule has 0 atom stereocenters. The summed E-state index contributed by atoms with van der Waals surface area (Å²) in [6, 6.07) is 25.9. The van der Waals surface area contributed by atoms with Gasteiger partial charge in [-0.25, -0.2) is 0 Å². The van der Waals surface area contributed by atoms with Gasteiger partial charge in [0, 0.05) is 22.6 Å². The van der Waals surface area contributed by atoms with Crippen molar-refractivity contribution < 1.29 is 4.79 Å². The van der Waals surface area contributed by atoms with E-state index in [1.165, 1.54) is 0 Å². The summed E-state index contributed by atoms with van der Waals surface area (Å²) in [6.45, 7) is 0. The minimum absolute atomic E-state index is 0.141.